The summed E-state index contributed by atoms with van der Waals surface area (Å²) in [5.74, 6) is -5.43. The van der Waals surface area contributed by atoms with Crippen LogP contribution in [-0.2, 0) is 0 Å². The lowest BCUT2D eigenvalue weighted by molar-refractivity contribution is 0.425. The average Bonchev–Trinajstić information content (AvgIpc) is 2.20. The number of hydrogen-bond acceptors (Lipinski definition) is 2. The molecule has 0 bridgehead atoms. The number of aromatic amines is 1. The van der Waals surface area contributed by atoms with E-state index < -0.39 is 34.1 Å². The van der Waals surface area contributed by atoms with Gasteiger partial charge in [0.05, 0.1) is 10.9 Å². The van der Waals surface area contributed by atoms with Gasteiger partial charge in [-0.3, -0.25) is 4.79 Å². The maximum atomic E-state index is 13.2. The second-order valence-corrected chi connectivity index (χ2v) is 2.90. The SMILES string of the molecule is O=c1[nH]c2ccc(F)c(F)c2c(F)c1O. The first kappa shape index (κ1) is 9.57. The lowest BCUT2D eigenvalue weighted by Gasteiger charge is -2.02. The third kappa shape index (κ3) is 1.25. The molecule has 2 aromatic rings. The molecule has 78 valence electrons. The number of H-pyrrole nitrogens is 1. The predicted molar refractivity (Wildman–Crippen MR) is 46.1 cm³/mol. The number of nitrogens with one attached hydrogen (secondary N) is 1. The monoisotopic (exact) mass is 215 g/mol. The maximum Gasteiger partial charge on any atom is 0.293 e. The van der Waals surface area contributed by atoms with Gasteiger partial charge in [-0.2, -0.15) is 0 Å². The predicted octanol–water partition coefficient (Wildman–Crippen LogP) is 1.65. The van der Waals surface area contributed by atoms with Gasteiger partial charge in [-0.05, 0) is 12.1 Å². The van der Waals surface area contributed by atoms with Crippen LogP contribution in [-0.4, -0.2) is 10.1 Å². The van der Waals surface area contributed by atoms with Crippen molar-refractivity contribution in [1.82, 2.24) is 4.98 Å². The summed E-state index contributed by atoms with van der Waals surface area (Å²) in [4.78, 5) is 12.9. The molecule has 0 radical (unpaired) electrons. The maximum absolute atomic E-state index is 13.2. The summed E-state index contributed by atoms with van der Waals surface area (Å²) in [7, 11) is 0. The third-order valence-corrected chi connectivity index (χ3v) is 1.99. The van der Waals surface area contributed by atoms with Crippen molar-refractivity contribution < 1.29 is 18.3 Å². The topological polar surface area (TPSA) is 53.1 Å². The smallest absolute Gasteiger partial charge is 0.293 e. The highest BCUT2D eigenvalue weighted by Crippen LogP contribution is 2.24. The van der Waals surface area contributed by atoms with Gasteiger partial charge in [-0.25, -0.2) is 13.2 Å². The van der Waals surface area contributed by atoms with Gasteiger partial charge in [0.1, 0.15) is 0 Å². The van der Waals surface area contributed by atoms with E-state index in [0.29, 0.717) is 0 Å². The molecule has 2 rings (SSSR count). The van der Waals surface area contributed by atoms with Crippen LogP contribution in [0.1, 0.15) is 0 Å². The van der Waals surface area contributed by atoms with E-state index in [9.17, 15) is 18.0 Å². The molecule has 2 N–H and O–H groups in total. The fourth-order valence-corrected chi connectivity index (χ4v) is 1.27. The number of hydrogen-bond donors (Lipinski definition) is 2. The molecule has 0 spiro atoms. The molecular weight excluding hydrogens is 211 g/mol. The standard InChI is InChI=1S/C9H4F3NO2/c10-3-1-2-4-5(6(3)11)7(12)8(14)9(15)13-4/h1-2,14H,(H,13,15). The number of aromatic hydroxyl groups is 1. The van der Waals surface area contributed by atoms with E-state index in [2.05, 4.69) is 0 Å². The van der Waals surface area contributed by atoms with Crippen LogP contribution in [0.5, 0.6) is 5.75 Å². The van der Waals surface area contributed by atoms with Crippen molar-refractivity contribution in [2.75, 3.05) is 0 Å². The minimum Gasteiger partial charge on any atom is -0.501 e. The van der Waals surface area contributed by atoms with E-state index in [1.54, 1.807) is 0 Å². The van der Waals surface area contributed by atoms with Gasteiger partial charge in [0.25, 0.3) is 5.56 Å². The second kappa shape index (κ2) is 3.01. The van der Waals surface area contributed by atoms with Crippen molar-refractivity contribution in [3.63, 3.8) is 0 Å². The van der Waals surface area contributed by atoms with Crippen LogP contribution in [0.2, 0.25) is 0 Å². The second-order valence-electron chi connectivity index (χ2n) is 2.90. The van der Waals surface area contributed by atoms with E-state index in [0.717, 1.165) is 12.1 Å². The van der Waals surface area contributed by atoms with Crippen LogP contribution in [0.15, 0.2) is 16.9 Å². The van der Waals surface area contributed by atoms with Crippen molar-refractivity contribution >= 4 is 10.9 Å². The van der Waals surface area contributed by atoms with Crippen LogP contribution in [0.25, 0.3) is 10.9 Å². The highest BCUT2D eigenvalue weighted by atomic mass is 19.2. The summed E-state index contributed by atoms with van der Waals surface area (Å²) in [6.07, 6.45) is 0. The molecule has 15 heavy (non-hydrogen) atoms. The lowest BCUT2D eigenvalue weighted by Crippen LogP contribution is -2.08. The Morgan fingerprint density at radius 1 is 1.13 bits per heavy atom. The first-order valence-electron chi connectivity index (χ1n) is 3.91. The summed E-state index contributed by atoms with van der Waals surface area (Å²) in [5.41, 5.74) is -1.31. The summed E-state index contributed by atoms with van der Waals surface area (Å²) in [6, 6.07) is 1.77. The Hall–Kier alpha value is -1.98. The Balaban J connectivity index is 3.07. The molecular formula is C9H4F3NO2. The molecule has 0 atom stereocenters. The highest BCUT2D eigenvalue weighted by Gasteiger charge is 2.17. The van der Waals surface area contributed by atoms with Gasteiger partial charge >= 0.3 is 0 Å². The molecule has 6 heteroatoms. The highest BCUT2D eigenvalue weighted by molar-refractivity contribution is 5.81. The number of aromatic nitrogens is 1. The van der Waals surface area contributed by atoms with Crippen LogP contribution >= 0.6 is 0 Å². The molecule has 0 saturated carbocycles. The zero-order chi connectivity index (χ0) is 11.2. The van der Waals surface area contributed by atoms with Crippen LogP contribution < -0.4 is 5.56 Å². The number of pyridine rings is 1. The Labute approximate surface area is 80.8 Å². The third-order valence-electron chi connectivity index (χ3n) is 1.99. The van der Waals surface area contributed by atoms with Gasteiger partial charge in [0.2, 0.25) is 5.75 Å². The normalized spacial score (nSPS) is 10.9. The van der Waals surface area contributed by atoms with Crippen molar-refractivity contribution in [2.24, 2.45) is 0 Å². The van der Waals surface area contributed by atoms with Crippen LogP contribution in [0, 0.1) is 17.5 Å². The summed E-state index contributed by atoms with van der Waals surface area (Å²) in [5, 5.41) is 8.14. The number of rotatable bonds is 0. The van der Waals surface area contributed by atoms with Crippen molar-refractivity contribution in [3.05, 3.63) is 39.9 Å². The van der Waals surface area contributed by atoms with Gasteiger partial charge in [-0.1, -0.05) is 0 Å². The molecule has 3 nitrogen and oxygen atoms in total. The molecule has 0 aliphatic rings. The van der Waals surface area contributed by atoms with Crippen molar-refractivity contribution in [1.29, 1.82) is 0 Å². The van der Waals surface area contributed by atoms with Gasteiger partial charge in [0, 0.05) is 0 Å². The molecule has 0 saturated heterocycles. The minimum atomic E-state index is -1.47. The van der Waals surface area contributed by atoms with Crippen LogP contribution in [0.4, 0.5) is 13.2 Å². The fourth-order valence-electron chi connectivity index (χ4n) is 1.27. The molecule has 1 aromatic carbocycles. The van der Waals surface area contributed by atoms with E-state index in [1.165, 1.54) is 0 Å². The zero-order valence-electron chi connectivity index (χ0n) is 7.14. The van der Waals surface area contributed by atoms with E-state index in [-0.39, 0.29) is 5.52 Å². The largest absolute Gasteiger partial charge is 0.501 e. The van der Waals surface area contributed by atoms with Crippen molar-refractivity contribution in [3.8, 4) is 5.75 Å². The lowest BCUT2D eigenvalue weighted by atomic mass is 10.2. The minimum absolute atomic E-state index is 0.214. The Morgan fingerprint density at radius 3 is 2.47 bits per heavy atom. The summed E-state index contributed by atoms with van der Waals surface area (Å²) < 4.78 is 39.1. The number of benzene rings is 1. The number of fused-ring (bicyclic) bond motifs is 1. The first-order chi connectivity index (χ1) is 7.02. The van der Waals surface area contributed by atoms with Gasteiger partial charge in [-0.15, -0.1) is 0 Å². The Bertz CT molecular complexity index is 606. The molecule has 0 aliphatic carbocycles. The summed E-state index contributed by atoms with van der Waals surface area (Å²) in [6.45, 7) is 0. The first-order valence-corrected chi connectivity index (χ1v) is 3.91. The number of halogens is 3. The zero-order valence-corrected chi connectivity index (χ0v) is 7.14. The summed E-state index contributed by atoms with van der Waals surface area (Å²) >= 11 is 0. The Kier molecular flexibility index (Phi) is 1.92. The average molecular weight is 215 g/mol. The molecule has 0 unspecified atom stereocenters. The van der Waals surface area contributed by atoms with Crippen LogP contribution in [0.3, 0.4) is 0 Å². The van der Waals surface area contributed by atoms with E-state index >= 15 is 0 Å². The molecule has 1 heterocycles. The van der Waals surface area contributed by atoms with E-state index in [4.69, 9.17) is 5.11 Å². The van der Waals surface area contributed by atoms with E-state index in [1.807, 2.05) is 4.98 Å². The van der Waals surface area contributed by atoms with Crippen molar-refractivity contribution in [2.45, 2.75) is 0 Å². The molecule has 0 aliphatic heterocycles. The molecule has 0 fully saturated rings. The quantitative estimate of drug-likeness (QED) is 0.702. The molecule has 0 amide bonds. The Morgan fingerprint density at radius 2 is 1.80 bits per heavy atom. The molecule has 1 aromatic heterocycles. The van der Waals surface area contributed by atoms with Gasteiger partial charge in [0.15, 0.2) is 17.5 Å². The fraction of sp³-hybridized carbons (Fsp3) is 0. The van der Waals surface area contributed by atoms with Gasteiger partial charge < -0.3 is 10.1 Å².